The molecule has 0 bridgehead atoms. The molecule has 1 N–H and O–H groups in total. The number of esters is 1. The number of carbonyl (C=O) groups excluding carboxylic acids is 1. The summed E-state index contributed by atoms with van der Waals surface area (Å²) < 4.78 is 4.74. The summed E-state index contributed by atoms with van der Waals surface area (Å²) in [4.78, 5) is 11.7. The molecular formula is C14H19ClO3. The minimum atomic E-state index is -0.907. The van der Waals surface area contributed by atoms with E-state index in [4.69, 9.17) is 16.3 Å². The van der Waals surface area contributed by atoms with Crippen LogP contribution in [0.4, 0.5) is 0 Å². The van der Waals surface area contributed by atoms with Crippen molar-refractivity contribution in [2.75, 3.05) is 7.11 Å². The van der Waals surface area contributed by atoms with Gasteiger partial charge in [0.15, 0.2) is 0 Å². The predicted molar refractivity (Wildman–Crippen MR) is 71.5 cm³/mol. The topological polar surface area (TPSA) is 46.5 Å². The number of aryl methyl sites for hydroxylation is 1. The summed E-state index contributed by atoms with van der Waals surface area (Å²) in [5, 5.41) is 10.9. The summed E-state index contributed by atoms with van der Waals surface area (Å²) in [5.41, 5.74) is 1.57. The van der Waals surface area contributed by atoms with Crippen LogP contribution in [0.3, 0.4) is 0 Å². The van der Waals surface area contributed by atoms with Crippen molar-refractivity contribution in [2.45, 2.75) is 26.9 Å². The molecule has 1 aromatic carbocycles. The molecule has 0 saturated carbocycles. The fourth-order valence-corrected chi connectivity index (χ4v) is 2.09. The van der Waals surface area contributed by atoms with E-state index >= 15 is 0 Å². The Hall–Kier alpha value is -1.06. The van der Waals surface area contributed by atoms with Crippen LogP contribution in [-0.4, -0.2) is 18.2 Å². The third-order valence-electron chi connectivity index (χ3n) is 3.07. The van der Waals surface area contributed by atoms with E-state index in [1.54, 1.807) is 12.1 Å². The predicted octanol–water partition coefficient (Wildman–Crippen LogP) is 3.13. The molecule has 0 spiro atoms. The van der Waals surface area contributed by atoms with Gasteiger partial charge >= 0.3 is 5.97 Å². The molecule has 0 amide bonds. The maximum atomic E-state index is 11.7. The van der Waals surface area contributed by atoms with Gasteiger partial charge in [-0.05, 0) is 30.0 Å². The first-order valence-corrected chi connectivity index (χ1v) is 6.28. The number of aliphatic hydroxyl groups is 1. The monoisotopic (exact) mass is 270 g/mol. The molecule has 0 aliphatic heterocycles. The van der Waals surface area contributed by atoms with Crippen molar-refractivity contribution in [1.82, 2.24) is 0 Å². The highest BCUT2D eigenvalue weighted by Gasteiger charge is 2.31. The Balaban J connectivity index is 3.05. The van der Waals surface area contributed by atoms with Crippen molar-refractivity contribution >= 4 is 17.6 Å². The van der Waals surface area contributed by atoms with Crippen LogP contribution in [-0.2, 0) is 9.53 Å². The molecule has 0 aromatic heterocycles. The normalized spacial score (nSPS) is 14.4. The third-order valence-corrected chi connectivity index (χ3v) is 3.48. The van der Waals surface area contributed by atoms with E-state index in [1.807, 2.05) is 26.8 Å². The van der Waals surface area contributed by atoms with E-state index in [0.29, 0.717) is 10.6 Å². The Morgan fingerprint density at radius 2 is 2.00 bits per heavy atom. The maximum Gasteiger partial charge on any atom is 0.311 e. The molecule has 0 saturated heterocycles. The fourth-order valence-electron chi connectivity index (χ4n) is 1.90. The molecule has 18 heavy (non-hydrogen) atoms. The van der Waals surface area contributed by atoms with Gasteiger partial charge in [0.05, 0.1) is 19.1 Å². The Morgan fingerprint density at radius 3 is 2.44 bits per heavy atom. The molecule has 1 aromatic rings. The summed E-state index contributed by atoms with van der Waals surface area (Å²) >= 11 is 6.03. The van der Waals surface area contributed by atoms with Crippen molar-refractivity contribution in [2.24, 2.45) is 11.8 Å². The first-order valence-electron chi connectivity index (χ1n) is 5.90. The number of methoxy groups -OCH3 is 1. The lowest BCUT2D eigenvalue weighted by Gasteiger charge is -2.24. The maximum absolute atomic E-state index is 11.7. The van der Waals surface area contributed by atoms with E-state index in [1.165, 1.54) is 7.11 Å². The van der Waals surface area contributed by atoms with E-state index < -0.39 is 18.0 Å². The lowest BCUT2D eigenvalue weighted by Crippen LogP contribution is -2.28. The highest BCUT2D eigenvalue weighted by Crippen LogP contribution is 2.31. The molecule has 0 fully saturated rings. The van der Waals surface area contributed by atoms with Gasteiger partial charge in [-0.1, -0.05) is 37.6 Å². The van der Waals surface area contributed by atoms with Crippen molar-refractivity contribution in [3.8, 4) is 0 Å². The fraction of sp³-hybridized carbons (Fsp3) is 0.500. The average Bonchev–Trinajstić information content (AvgIpc) is 2.32. The summed E-state index contributed by atoms with van der Waals surface area (Å²) in [7, 11) is 1.33. The number of aliphatic hydroxyl groups excluding tert-OH is 1. The lowest BCUT2D eigenvalue weighted by atomic mass is 9.86. The zero-order valence-electron chi connectivity index (χ0n) is 11.1. The summed E-state index contributed by atoms with van der Waals surface area (Å²) in [5.74, 6) is -1.02. The summed E-state index contributed by atoms with van der Waals surface area (Å²) in [6.07, 6.45) is -0.907. The second-order valence-corrected chi connectivity index (χ2v) is 5.15. The van der Waals surface area contributed by atoms with E-state index in [9.17, 15) is 9.90 Å². The molecule has 0 radical (unpaired) electrons. The molecule has 0 aliphatic rings. The van der Waals surface area contributed by atoms with Gasteiger partial charge in [-0.15, -0.1) is 0 Å². The Labute approximate surface area is 113 Å². The quantitative estimate of drug-likeness (QED) is 0.855. The minimum absolute atomic E-state index is 0.0208. The molecular weight excluding hydrogens is 252 g/mol. The third kappa shape index (κ3) is 3.24. The molecule has 4 heteroatoms. The summed E-state index contributed by atoms with van der Waals surface area (Å²) in [6.45, 7) is 5.64. The smallest absolute Gasteiger partial charge is 0.311 e. The summed E-state index contributed by atoms with van der Waals surface area (Å²) in [6, 6.07) is 5.31. The van der Waals surface area contributed by atoms with Gasteiger partial charge in [0.1, 0.15) is 0 Å². The van der Waals surface area contributed by atoms with Gasteiger partial charge in [-0.2, -0.15) is 0 Å². The van der Waals surface area contributed by atoms with Gasteiger partial charge in [0, 0.05) is 5.02 Å². The second-order valence-electron chi connectivity index (χ2n) is 4.75. The Morgan fingerprint density at radius 1 is 1.39 bits per heavy atom. The van der Waals surface area contributed by atoms with Crippen molar-refractivity contribution in [1.29, 1.82) is 0 Å². The minimum Gasteiger partial charge on any atom is -0.469 e. The molecule has 2 atom stereocenters. The van der Waals surface area contributed by atoms with E-state index in [0.717, 1.165) is 5.56 Å². The van der Waals surface area contributed by atoms with E-state index in [2.05, 4.69) is 0 Å². The Bertz CT molecular complexity index is 429. The molecule has 100 valence electrons. The molecule has 2 unspecified atom stereocenters. The van der Waals surface area contributed by atoms with Crippen LogP contribution >= 0.6 is 11.6 Å². The van der Waals surface area contributed by atoms with E-state index in [-0.39, 0.29) is 5.92 Å². The molecule has 0 heterocycles. The van der Waals surface area contributed by atoms with Crippen molar-refractivity contribution in [3.63, 3.8) is 0 Å². The van der Waals surface area contributed by atoms with Gasteiger partial charge < -0.3 is 9.84 Å². The molecule has 3 nitrogen and oxygen atoms in total. The molecule has 1 rings (SSSR count). The number of rotatable bonds is 4. The second kappa shape index (κ2) is 6.21. The number of ether oxygens (including phenoxy) is 1. The lowest BCUT2D eigenvalue weighted by molar-refractivity contribution is -0.152. The highest BCUT2D eigenvalue weighted by atomic mass is 35.5. The number of carbonyl (C=O) groups is 1. The van der Waals surface area contributed by atoms with Crippen LogP contribution in [0.2, 0.25) is 5.02 Å². The number of benzene rings is 1. The van der Waals surface area contributed by atoms with Gasteiger partial charge in [0.2, 0.25) is 0 Å². The van der Waals surface area contributed by atoms with Crippen molar-refractivity contribution < 1.29 is 14.6 Å². The van der Waals surface area contributed by atoms with Crippen LogP contribution in [0, 0.1) is 18.8 Å². The van der Waals surface area contributed by atoms with Crippen LogP contribution in [0.15, 0.2) is 18.2 Å². The largest absolute Gasteiger partial charge is 0.469 e. The number of halogens is 1. The SMILES string of the molecule is COC(=O)C(C(C)C)C(O)c1ccc(C)c(Cl)c1. The van der Waals surface area contributed by atoms with Gasteiger partial charge in [0.25, 0.3) is 0 Å². The number of hydrogen-bond donors (Lipinski definition) is 1. The molecule has 0 aliphatic carbocycles. The number of hydrogen-bond acceptors (Lipinski definition) is 3. The van der Waals surface area contributed by atoms with Crippen LogP contribution in [0.1, 0.15) is 31.1 Å². The first kappa shape index (κ1) is 15.0. The van der Waals surface area contributed by atoms with Gasteiger partial charge in [-0.3, -0.25) is 4.79 Å². The van der Waals surface area contributed by atoms with Crippen LogP contribution in [0.25, 0.3) is 0 Å². The zero-order valence-corrected chi connectivity index (χ0v) is 11.9. The van der Waals surface area contributed by atoms with Crippen LogP contribution in [0.5, 0.6) is 0 Å². The average molecular weight is 271 g/mol. The van der Waals surface area contributed by atoms with Crippen LogP contribution < -0.4 is 0 Å². The Kier molecular flexibility index (Phi) is 5.17. The first-order chi connectivity index (χ1) is 8.38. The van der Waals surface area contributed by atoms with Crippen molar-refractivity contribution in [3.05, 3.63) is 34.3 Å². The highest BCUT2D eigenvalue weighted by molar-refractivity contribution is 6.31. The van der Waals surface area contributed by atoms with Gasteiger partial charge in [-0.25, -0.2) is 0 Å². The standard InChI is InChI=1S/C14H19ClO3/c1-8(2)12(14(17)18-4)13(16)10-6-5-9(3)11(15)7-10/h5-8,12-13,16H,1-4H3. The zero-order chi connectivity index (χ0) is 13.9.